The third-order valence-electron chi connectivity index (χ3n) is 4.18. The number of amides is 1. The zero-order valence-electron chi connectivity index (χ0n) is 12.7. The zero-order valence-corrected chi connectivity index (χ0v) is 12.7. The summed E-state index contributed by atoms with van der Waals surface area (Å²) in [5.74, 6) is 1.52. The van der Waals surface area contributed by atoms with Crippen molar-refractivity contribution in [3.8, 4) is 5.75 Å². The lowest BCUT2D eigenvalue weighted by Crippen LogP contribution is -2.28. The third kappa shape index (κ3) is 3.27. The zero-order chi connectivity index (χ0) is 15.4. The lowest BCUT2D eigenvalue weighted by atomic mass is 9.99. The third-order valence-corrected chi connectivity index (χ3v) is 4.18. The predicted octanol–water partition coefficient (Wildman–Crippen LogP) is 2.80. The monoisotopic (exact) mass is 296 g/mol. The molecule has 0 aliphatic carbocycles. The molecule has 1 aliphatic heterocycles. The Morgan fingerprint density at radius 2 is 1.95 bits per heavy atom. The average Bonchev–Trinajstić information content (AvgIpc) is 3.04. The lowest BCUT2D eigenvalue weighted by molar-refractivity contribution is 0.0787. The number of likely N-dealkylation sites (tertiary alicyclic amines) is 1. The molecule has 2 aromatic rings. The van der Waals surface area contributed by atoms with Crippen LogP contribution in [0.3, 0.4) is 0 Å². The maximum atomic E-state index is 12.4. The van der Waals surface area contributed by atoms with E-state index in [0.29, 0.717) is 5.92 Å². The van der Waals surface area contributed by atoms with E-state index in [-0.39, 0.29) is 5.91 Å². The molecule has 3 rings (SSSR count). The molecule has 22 heavy (non-hydrogen) atoms. The standard InChI is InChI=1S/C18H20N2O2/c1-22-17-4-2-14(3-5-17)12-15-8-11-20(13-15)18(21)16-6-9-19-10-7-16/h2-7,9-10,15H,8,11-13H2,1H3. The number of hydrogen-bond donors (Lipinski definition) is 0. The molecule has 2 heterocycles. The van der Waals surface area contributed by atoms with E-state index in [1.165, 1.54) is 5.56 Å². The fourth-order valence-electron chi connectivity index (χ4n) is 2.96. The molecule has 114 valence electrons. The molecule has 4 nitrogen and oxygen atoms in total. The van der Waals surface area contributed by atoms with Crippen LogP contribution in [0.15, 0.2) is 48.8 Å². The molecule has 4 heteroatoms. The SMILES string of the molecule is COc1ccc(CC2CCN(C(=O)c3ccncc3)C2)cc1. The second-order valence-corrected chi connectivity index (χ2v) is 5.69. The van der Waals surface area contributed by atoms with Crippen molar-refractivity contribution in [3.05, 3.63) is 59.9 Å². The van der Waals surface area contributed by atoms with Crippen molar-refractivity contribution in [1.82, 2.24) is 9.88 Å². The van der Waals surface area contributed by atoms with Crippen molar-refractivity contribution in [1.29, 1.82) is 0 Å². The van der Waals surface area contributed by atoms with E-state index in [1.54, 1.807) is 31.6 Å². The largest absolute Gasteiger partial charge is 0.497 e. The molecule has 1 amide bonds. The lowest BCUT2D eigenvalue weighted by Gasteiger charge is -2.16. The number of aromatic nitrogens is 1. The Labute approximate surface area is 130 Å². The summed E-state index contributed by atoms with van der Waals surface area (Å²) in [7, 11) is 1.68. The van der Waals surface area contributed by atoms with Gasteiger partial charge in [0, 0.05) is 31.0 Å². The van der Waals surface area contributed by atoms with Crippen molar-refractivity contribution in [2.75, 3.05) is 20.2 Å². The fourth-order valence-corrected chi connectivity index (χ4v) is 2.96. The molecule has 1 unspecified atom stereocenters. The van der Waals surface area contributed by atoms with Gasteiger partial charge in [-0.1, -0.05) is 12.1 Å². The van der Waals surface area contributed by atoms with E-state index in [4.69, 9.17) is 4.74 Å². The highest BCUT2D eigenvalue weighted by Crippen LogP contribution is 2.23. The van der Waals surface area contributed by atoms with Gasteiger partial charge in [0.25, 0.3) is 5.91 Å². The van der Waals surface area contributed by atoms with Gasteiger partial charge < -0.3 is 9.64 Å². The highest BCUT2D eigenvalue weighted by molar-refractivity contribution is 5.94. The van der Waals surface area contributed by atoms with Crippen LogP contribution in [0.4, 0.5) is 0 Å². The van der Waals surface area contributed by atoms with Crippen LogP contribution in [0, 0.1) is 5.92 Å². The van der Waals surface area contributed by atoms with Crippen LogP contribution in [-0.4, -0.2) is 36.0 Å². The van der Waals surface area contributed by atoms with Gasteiger partial charge in [-0.3, -0.25) is 9.78 Å². The van der Waals surface area contributed by atoms with Crippen LogP contribution >= 0.6 is 0 Å². The van der Waals surface area contributed by atoms with Crippen molar-refractivity contribution in [3.63, 3.8) is 0 Å². The quantitative estimate of drug-likeness (QED) is 0.871. The minimum absolute atomic E-state index is 0.111. The summed E-state index contributed by atoms with van der Waals surface area (Å²) in [6.07, 6.45) is 5.39. The molecule has 1 aromatic carbocycles. The van der Waals surface area contributed by atoms with E-state index >= 15 is 0 Å². The van der Waals surface area contributed by atoms with Gasteiger partial charge >= 0.3 is 0 Å². The highest BCUT2D eigenvalue weighted by atomic mass is 16.5. The molecule has 0 radical (unpaired) electrons. The van der Waals surface area contributed by atoms with Gasteiger partial charge in [-0.15, -0.1) is 0 Å². The first-order chi connectivity index (χ1) is 10.8. The van der Waals surface area contributed by atoms with Crippen molar-refractivity contribution < 1.29 is 9.53 Å². The maximum Gasteiger partial charge on any atom is 0.253 e. The highest BCUT2D eigenvalue weighted by Gasteiger charge is 2.26. The molecular weight excluding hydrogens is 276 g/mol. The normalized spacial score (nSPS) is 17.5. The van der Waals surface area contributed by atoms with Crippen LogP contribution in [0.2, 0.25) is 0 Å². The summed E-state index contributed by atoms with van der Waals surface area (Å²) in [5.41, 5.74) is 2.02. The summed E-state index contributed by atoms with van der Waals surface area (Å²) in [4.78, 5) is 18.3. The van der Waals surface area contributed by atoms with E-state index in [9.17, 15) is 4.79 Å². The molecule has 0 saturated carbocycles. The second kappa shape index (κ2) is 6.60. The number of benzene rings is 1. The Balaban J connectivity index is 1.59. The van der Waals surface area contributed by atoms with Crippen LogP contribution < -0.4 is 4.74 Å². The molecular formula is C18H20N2O2. The molecule has 1 fully saturated rings. The number of methoxy groups -OCH3 is 1. The summed E-state index contributed by atoms with van der Waals surface area (Å²) in [6, 6.07) is 11.7. The Morgan fingerprint density at radius 1 is 1.23 bits per heavy atom. The summed E-state index contributed by atoms with van der Waals surface area (Å²) >= 11 is 0. The number of hydrogen-bond acceptors (Lipinski definition) is 3. The second-order valence-electron chi connectivity index (χ2n) is 5.69. The van der Waals surface area contributed by atoms with E-state index < -0.39 is 0 Å². The van der Waals surface area contributed by atoms with Crippen molar-refractivity contribution in [2.24, 2.45) is 5.92 Å². The van der Waals surface area contributed by atoms with E-state index in [1.807, 2.05) is 17.0 Å². The minimum atomic E-state index is 0.111. The van der Waals surface area contributed by atoms with Gasteiger partial charge in [0.1, 0.15) is 5.75 Å². The minimum Gasteiger partial charge on any atom is -0.497 e. The van der Waals surface area contributed by atoms with Gasteiger partial charge in [-0.25, -0.2) is 0 Å². The van der Waals surface area contributed by atoms with E-state index in [0.717, 1.165) is 37.2 Å². The first-order valence-electron chi connectivity index (χ1n) is 7.58. The molecule has 0 bridgehead atoms. The summed E-state index contributed by atoms with van der Waals surface area (Å²) in [5, 5.41) is 0. The Kier molecular flexibility index (Phi) is 4.37. The fraction of sp³-hybridized carbons (Fsp3) is 0.333. The maximum absolute atomic E-state index is 12.4. The Morgan fingerprint density at radius 3 is 2.64 bits per heavy atom. The van der Waals surface area contributed by atoms with Crippen LogP contribution in [0.1, 0.15) is 22.3 Å². The van der Waals surface area contributed by atoms with Gasteiger partial charge in [-0.05, 0) is 48.6 Å². The van der Waals surface area contributed by atoms with Crippen LogP contribution in [0.5, 0.6) is 5.75 Å². The number of carbonyl (C=O) groups is 1. The van der Waals surface area contributed by atoms with Gasteiger partial charge in [0.2, 0.25) is 0 Å². The first kappa shape index (κ1) is 14.6. The number of ether oxygens (including phenoxy) is 1. The summed E-state index contributed by atoms with van der Waals surface area (Å²) in [6.45, 7) is 1.66. The van der Waals surface area contributed by atoms with Crippen LogP contribution in [0.25, 0.3) is 0 Å². The average molecular weight is 296 g/mol. The van der Waals surface area contributed by atoms with Crippen LogP contribution in [-0.2, 0) is 6.42 Å². The van der Waals surface area contributed by atoms with Gasteiger partial charge in [-0.2, -0.15) is 0 Å². The molecule has 0 N–H and O–H groups in total. The molecule has 0 spiro atoms. The topological polar surface area (TPSA) is 42.4 Å². The summed E-state index contributed by atoms with van der Waals surface area (Å²) < 4.78 is 5.18. The number of nitrogens with zero attached hydrogens (tertiary/aromatic N) is 2. The number of pyridine rings is 1. The molecule has 1 aliphatic rings. The molecule has 1 aromatic heterocycles. The van der Waals surface area contributed by atoms with Gasteiger partial charge in [0.15, 0.2) is 0 Å². The Bertz CT molecular complexity index is 625. The number of carbonyl (C=O) groups excluding carboxylic acids is 1. The molecule has 1 saturated heterocycles. The number of rotatable bonds is 4. The Hall–Kier alpha value is -2.36. The smallest absolute Gasteiger partial charge is 0.253 e. The van der Waals surface area contributed by atoms with Crippen molar-refractivity contribution in [2.45, 2.75) is 12.8 Å². The molecule has 1 atom stereocenters. The van der Waals surface area contributed by atoms with Crippen molar-refractivity contribution >= 4 is 5.91 Å². The van der Waals surface area contributed by atoms with Gasteiger partial charge in [0.05, 0.1) is 7.11 Å². The predicted molar refractivity (Wildman–Crippen MR) is 84.9 cm³/mol. The van der Waals surface area contributed by atoms with E-state index in [2.05, 4.69) is 17.1 Å². The first-order valence-corrected chi connectivity index (χ1v) is 7.58.